The molecule has 2 N–H and O–H groups in total. The summed E-state index contributed by atoms with van der Waals surface area (Å²) in [7, 11) is 6.25. The molecule has 0 bridgehead atoms. The first-order valence-corrected chi connectivity index (χ1v) is 9.98. The lowest BCUT2D eigenvalue weighted by Gasteiger charge is -2.37. The van der Waals surface area contributed by atoms with Gasteiger partial charge in [-0.05, 0) is 56.7 Å². The minimum absolute atomic E-state index is 0. The number of nitrogens with zero attached hydrogens (tertiary/aromatic N) is 2. The summed E-state index contributed by atoms with van der Waals surface area (Å²) in [6.45, 7) is 1.92. The first-order chi connectivity index (χ1) is 11.6. The number of likely N-dealkylation sites (N-methyl/N-ethyl adjacent to an activating group) is 1. The lowest BCUT2D eigenvalue weighted by molar-refractivity contribution is 0.165. The minimum Gasteiger partial charge on any atom is -0.355 e. The molecule has 1 aromatic rings. The number of hydrogen-bond acceptors (Lipinski definition) is 3. The van der Waals surface area contributed by atoms with Crippen molar-refractivity contribution >= 4 is 41.7 Å². The smallest absolute Gasteiger partial charge is 0.191 e. The molecule has 1 saturated heterocycles. The van der Waals surface area contributed by atoms with Crippen LogP contribution in [0.2, 0.25) is 0 Å². The van der Waals surface area contributed by atoms with E-state index in [1.165, 1.54) is 29.7 Å². The van der Waals surface area contributed by atoms with E-state index in [9.17, 15) is 0 Å². The molecule has 4 nitrogen and oxygen atoms in total. The molecule has 140 valence electrons. The molecule has 1 atom stereocenters. The Morgan fingerprint density at radius 3 is 2.44 bits per heavy atom. The Kier molecular flexibility index (Phi) is 7.89. The molecule has 0 amide bonds. The van der Waals surface area contributed by atoms with E-state index in [1.807, 2.05) is 7.05 Å². The van der Waals surface area contributed by atoms with Crippen LogP contribution in [-0.4, -0.2) is 61.6 Å². The van der Waals surface area contributed by atoms with Crippen LogP contribution in [0.3, 0.4) is 0 Å². The summed E-state index contributed by atoms with van der Waals surface area (Å²) in [5, 5.41) is 7.83. The van der Waals surface area contributed by atoms with Crippen molar-refractivity contribution < 1.29 is 0 Å². The van der Waals surface area contributed by atoms with E-state index in [4.69, 9.17) is 0 Å². The van der Waals surface area contributed by atoms with E-state index in [-0.39, 0.29) is 29.5 Å². The van der Waals surface area contributed by atoms with Gasteiger partial charge >= 0.3 is 0 Å². The SMILES string of the molecule is CN=C(NCC1CCCS1)NCC1(N(C)C)Cc2ccccc2C1.I. The molecule has 3 rings (SSSR count). The summed E-state index contributed by atoms with van der Waals surface area (Å²) in [4.78, 5) is 6.79. The van der Waals surface area contributed by atoms with Crippen molar-refractivity contribution in [1.82, 2.24) is 15.5 Å². The molecule has 0 saturated carbocycles. The van der Waals surface area contributed by atoms with Crippen LogP contribution in [0.5, 0.6) is 0 Å². The van der Waals surface area contributed by atoms with E-state index in [0.717, 1.165) is 37.1 Å². The molecule has 1 aliphatic heterocycles. The molecule has 0 radical (unpaired) electrons. The highest BCUT2D eigenvalue weighted by molar-refractivity contribution is 14.0. The van der Waals surface area contributed by atoms with Crippen LogP contribution in [0.15, 0.2) is 29.3 Å². The second-order valence-electron chi connectivity index (χ2n) is 7.18. The second-order valence-corrected chi connectivity index (χ2v) is 8.59. The third-order valence-corrected chi connectivity index (χ3v) is 6.83. The standard InChI is InChI=1S/C19H30N4S.HI/c1-20-18(21-13-17-9-6-10-24-17)22-14-19(23(2)3)11-15-7-4-5-8-16(15)12-19;/h4-5,7-8,17H,6,9-14H2,1-3H3,(H2,20,21,22);1H. The summed E-state index contributed by atoms with van der Waals surface area (Å²) < 4.78 is 0. The summed E-state index contributed by atoms with van der Waals surface area (Å²) in [5.74, 6) is 2.24. The molecule has 0 spiro atoms. The van der Waals surface area contributed by atoms with Gasteiger partial charge in [-0.2, -0.15) is 11.8 Å². The number of guanidine groups is 1. The van der Waals surface area contributed by atoms with Crippen molar-refractivity contribution in [2.24, 2.45) is 4.99 Å². The van der Waals surface area contributed by atoms with Gasteiger partial charge in [0.05, 0.1) is 0 Å². The lowest BCUT2D eigenvalue weighted by atomic mass is 9.94. The Labute approximate surface area is 173 Å². The van der Waals surface area contributed by atoms with Gasteiger partial charge in [0, 0.05) is 30.9 Å². The molecule has 1 aromatic carbocycles. The Morgan fingerprint density at radius 1 is 1.24 bits per heavy atom. The Morgan fingerprint density at radius 2 is 1.92 bits per heavy atom. The number of rotatable bonds is 5. The van der Waals surface area contributed by atoms with Crippen LogP contribution < -0.4 is 10.6 Å². The summed E-state index contributed by atoms with van der Waals surface area (Å²) in [6, 6.07) is 8.84. The zero-order valence-electron chi connectivity index (χ0n) is 15.5. The van der Waals surface area contributed by atoms with E-state index in [0.29, 0.717) is 0 Å². The summed E-state index contributed by atoms with van der Waals surface area (Å²) in [5.41, 5.74) is 3.10. The maximum absolute atomic E-state index is 4.42. The van der Waals surface area contributed by atoms with Crippen LogP contribution in [0.1, 0.15) is 24.0 Å². The third-order valence-electron chi connectivity index (χ3n) is 5.44. The predicted octanol–water partition coefficient (Wildman–Crippen LogP) is 2.76. The van der Waals surface area contributed by atoms with Crippen molar-refractivity contribution in [2.45, 2.75) is 36.5 Å². The quantitative estimate of drug-likeness (QED) is 0.391. The molecular weight excluding hydrogens is 443 g/mol. The highest BCUT2D eigenvalue weighted by Gasteiger charge is 2.39. The third kappa shape index (κ3) is 5.04. The van der Waals surface area contributed by atoms with Gasteiger partial charge in [-0.1, -0.05) is 24.3 Å². The fourth-order valence-corrected chi connectivity index (χ4v) is 4.96. The maximum Gasteiger partial charge on any atom is 0.191 e. The Balaban J connectivity index is 0.00000225. The van der Waals surface area contributed by atoms with Crippen LogP contribution in [0.25, 0.3) is 0 Å². The van der Waals surface area contributed by atoms with Gasteiger partial charge in [-0.3, -0.25) is 4.99 Å². The fourth-order valence-electron chi connectivity index (χ4n) is 3.76. The van der Waals surface area contributed by atoms with Crippen LogP contribution >= 0.6 is 35.7 Å². The lowest BCUT2D eigenvalue weighted by Crippen LogP contribution is -2.55. The number of hydrogen-bond donors (Lipinski definition) is 2. The number of thioether (sulfide) groups is 1. The summed E-state index contributed by atoms with van der Waals surface area (Å²) >= 11 is 2.08. The molecule has 0 aromatic heterocycles. The van der Waals surface area contributed by atoms with Crippen LogP contribution in [-0.2, 0) is 12.8 Å². The average molecular weight is 474 g/mol. The minimum atomic E-state index is 0. The molecule has 6 heteroatoms. The normalized spacial score (nSPS) is 21.8. The van der Waals surface area contributed by atoms with Gasteiger partial charge in [0.15, 0.2) is 5.96 Å². The number of halogens is 1. The van der Waals surface area contributed by atoms with Gasteiger partial charge in [-0.15, -0.1) is 24.0 Å². The van der Waals surface area contributed by atoms with Gasteiger partial charge in [0.2, 0.25) is 0 Å². The molecule has 1 aliphatic carbocycles. The molecule has 1 heterocycles. The highest BCUT2D eigenvalue weighted by Crippen LogP contribution is 2.33. The van der Waals surface area contributed by atoms with Gasteiger partial charge in [-0.25, -0.2) is 0 Å². The van der Waals surface area contributed by atoms with E-state index >= 15 is 0 Å². The van der Waals surface area contributed by atoms with Gasteiger partial charge < -0.3 is 15.5 Å². The largest absolute Gasteiger partial charge is 0.355 e. The summed E-state index contributed by atoms with van der Waals surface area (Å²) in [6.07, 6.45) is 4.87. The topological polar surface area (TPSA) is 39.7 Å². The Bertz CT molecular complexity index is 560. The van der Waals surface area contributed by atoms with E-state index in [1.54, 1.807) is 0 Å². The molecule has 1 unspecified atom stereocenters. The van der Waals surface area contributed by atoms with Crippen molar-refractivity contribution in [3.05, 3.63) is 35.4 Å². The van der Waals surface area contributed by atoms with Crippen LogP contribution in [0, 0.1) is 0 Å². The molecule has 2 aliphatic rings. The average Bonchev–Trinajstić information content (AvgIpc) is 3.22. The number of aliphatic imine (C=N–C) groups is 1. The molecule has 1 fully saturated rings. The van der Waals surface area contributed by atoms with Gasteiger partial charge in [0.25, 0.3) is 0 Å². The second kappa shape index (κ2) is 9.46. The molecule has 25 heavy (non-hydrogen) atoms. The predicted molar refractivity (Wildman–Crippen MR) is 121 cm³/mol. The number of benzene rings is 1. The number of nitrogens with one attached hydrogen (secondary N) is 2. The van der Waals surface area contributed by atoms with Gasteiger partial charge in [0.1, 0.15) is 0 Å². The zero-order valence-corrected chi connectivity index (χ0v) is 18.7. The van der Waals surface area contributed by atoms with Crippen molar-refractivity contribution in [3.8, 4) is 0 Å². The Hall–Kier alpha value is -0.470. The zero-order chi connectivity index (χ0) is 17.0. The molecular formula is C19H31IN4S. The first kappa shape index (κ1) is 20.8. The highest BCUT2D eigenvalue weighted by atomic mass is 127. The van der Waals surface area contributed by atoms with E-state index < -0.39 is 0 Å². The van der Waals surface area contributed by atoms with Crippen molar-refractivity contribution in [3.63, 3.8) is 0 Å². The van der Waals surface area contributed by atoms with Crippen LogP contribution in [0.4, 0.5) is 0 Å². The van der Waals surface area contributed by atoms with Crippen molar-refractivity contribution in [2.75, 3.05) is 40.0 Å². The first-order valence-electron chi connectivity index (χ1n) is 8.93. The fraction of sp³-hybridized carbons (Fsp3) is 0.632. The van der Waals surface area contributed by atoms with Crippen molar-refractivity contribution in [1.29, 1.82) is 0 Å². The van der Waals surface area contributed by atoms with E-state index in [2.05, 4.69) is 70.6 Å². The number of fused-ring (bicyclic) bond motifs is 1. The maximum atomic E-state index is 4.42. The monoisotopic (exact) mass is 474 g/mol.